The topological polar surface area (TPSA) is 50.3 Å². The van der Waals surface area contributed by atoms with Crippen LogP contribution in [0, 0.1) is 5.82 Å². The van der Waals surface area contributed by atoms with E-state index in [1.165, 1.54) is 6.07 Å². The van der Waals surface area contributed by atoms with Crippen LogP contribution in [0.4, 0.5) is 10.1 Å². The lowest BCUT2D eigenvalue weighted by molar-refractivity contribution is 0.373. The van der Waals surface area contributed by atoms with Gasteiger partial charge in [-0.3, -0.25) is 9.97 Å². The molecular weight excluding hydrogens is 281 g/mol. The monoisotopic (exact) mass is 295 g/mol. The summed E-state index contributed by atoms with van der Waals surface area (Å²) >= 11 is 0. The molecule has 22 heavy (non-hydrogen) atoms. The van der Waals surface area contributed by atoms with Crippen LogP contribution in [-0.4, -0.2) is 17.0 Å². The first-order valence-electron chi connectivity index (χ1n) is 7.09. The summed E-state index contributed by atoms with van der Waals surface area (Å²) in [5.41, 5.74) is 4.10. The molecule has 2 aromatic carbocycles. The molecule has 2 unspecified atom stereocenters. The Hall–Kier alpha value is -2.53. The molecule has 110 valence electrons. The largest absolute Gasteiger partial charge is 0.388 e. The number of ether oxygens (including phenoxy) is 1. The minimum atomic E-state index is -0.248. The van der Waals surface area contributed by atoms with E-state index in [4.69, 9.17) is 4.74 Å². The normalized spacial score (nSPS) is 20.1. The fourth-order valence-electron chi connectivity index (χ4n) is 2.68. The molecular formula is C17H14FN3O. The van der Waals surface area contributed by atoms with Crippen molar-refractivity contribution in [3.05, 3.63) is 65.7 Å². The van der Waals surface area contributed by atoms with E-state index in [-0.39, 0.29) is 18.0 Å². The summed E-state index contributed by atoms with van der Waals surface area (Å²) in [6.07, 6.45) is 2.94. The Balaban J connectivity index is 1.65. The zero-order chi connectivity index (χ0) is 15.1. The van der Waals surface area contributed by atoms with E-state index in [1.54, 1.807) is 24.5 Å². The van der Waals surface area contributed by atoms with Gasteiger partial charge in [-0.05, 0) is 35.9 Å². The lowest BCUT2D eigenvalue weighted by Crippen LogP contribution is -1.94. The Kier molecular flexibility index (Phi) is 3.01. The van der Waals surface area contributed by atoms with Crippen molar-refractivity contribution in [3.8, 4) is 0 Å². The first kappa shape index (κ1) is 13.2. The Morgan fingerprint density at radius 2 is 1.82 bits per heavy atom. The molecule has 5 heteroatoms. The van der Waals surface area contributed by atoms with Crippen LogP contribution >= 0.6 is 0 Å². The number of hydrogen-bond donors (Lipinski definition) is 1. The van der Waals surface area contributed by atoms with Crippen molar-refractivity contribution in [1.29, 1.82) is 0 Å². The molecule has 0 aliphatic carbocycles. The minimum absolute atomic E-state index is 0.131. The number of hydrogen-bond acceptors (Lipinski definition) is 4. The van der Waals surface area contributed by atoms with Gasteiger partial charge in [0.2, 0.25) is 0 Å². The zero-order valence-corrected chi connectivity index (χ0v) is 12.0. The smallest absolute Gasteiger partial charge is 0.129 e. The Morgan fingerprint density at radius 3 is 2.64 bits per heavy atom. The standard InChI is InChI=1S/C17H14FN3O/c1-19-11-3-4-13(18)12(9-11)17-16(22-17)10-2-5-14-15(8-10)21-7-6-20-14/h2-9,16-17,19H,1H3. The maximum atomic E-state index is 14.0. The maximum Gasteiger partial charge on any atom is 0.129 e. The van der Waals surface area contributed by atoms with Gasteiger partial charge in [-0.1, -0.05) is 6.07 Å². The highest BCUT2D eigenvalue weighted by atomic mass is 19.1. The molecule has 1 N–H and O–H groups in total. The quantitative estimate of drug-likeness (QED) is 0.750. The fourth-order valence-corrected chi connectivity index (χ4v) is 2.68. The van der Waals surface area contributed by atoms with Gasteiger partial charge in [0.25, 0.3) is 0 Å². The van der Waals surface area contributed by atoms with Crippen molar-refractivity contribution in [3.63, 3.8) is 0 Å². The molecule has 1 aliphatic rings. The highest BCUT2D eigenvalue weighted by Crippen LogP contribution is 2.52. The third kappa shape index (κ3) is 2.19. The molecule has 0 spiro atoms. The number of benzene rings is 2. The Bertz CT molecular complexity index is 852. The third-order valence-corrected chi connectivity index (χ3v) is 3.90. The van der Waals surface area contributed by atoms with Crippen molar-refractivity contribution in [1.82, 2.24) is 9.97 Å². The van der Waals surface area contributed by atoms with Gasteiger partial charge in [-0.2, -0.15) is 0 Å². The predicted octanol–water partition coefficient (Wildman–Crippen LogP) is 3.62. The van der Waals surface area contributed by atoms with Crippen LogP contribution in [0.1, 0.15) is 23.3 Å². The summed E-state index contributed by atoms with van der Waals surface area (Å²) in [4.78, 5) is 8.54. The predicted molar refractivity (Wildman–Crippen MR) is 82.1 cm³/mol. The van der Waals surface area contributed by atoms with Gasteiger partial charge in [-0.15, -0.1) is 0 Å². The molecule has 2 heterocycles. The number of nitrogens with zero attached hydrogens (tertiary/aromatic N) is 2. The molecule has 0 amide bonds. The van der Waals surface area contributed by atoms with Crippen molar-refractivity contribution in [2.75, 3.05) is 12.4 Å². The first-order chi connectivity index (χ1) is 10.8. The molecule has 0 bridgehead atoms. The first-order valence-corrected chi connectivity index (χ1v) is 7.09. The Morgan fingerprint density at radius 1 is 1.00 bits per heavy atom. The number of nitrogens with one attached hydrogen (secondary N) is 1. The van der Waals surface area contributed by atoms with Crippen LogP contribution in [0.15, 0.2) is 48.8 Å². The molecule has 1 aliphatic heterocycles. The van der Waals surface area contributed by atoms with E-state index in [2.05, 4.69) is 15.3 Å². The molecule has 0 radical (unpaired) electrons. The summed E-state index contributed by atoms with van der Waals surface area (Å²) in [6.45, 7) is 0. The highest BCUT2D eigenvalue weighted by Gasteiger charge is 2.43. The molecule has 4 nitrogen and oxygen atoms in total. The van der Waals surface area contributed by atoms with E-state index in [1.807, 2.05) is 25.2 Å². The number of fused-ring (bicyclic) bond motifs is 1. The second-order valence-corrected chi connectivity index (χ2v) is 5.27. The van der Waals surface area contributed by atoms with Gasteiger partial charge in [0.1, 0.15) is 18.0 Å². The average Bonchev–Trinajstić information content (AvgIpc) is 3.35. The van der Waals surface area contributed by atoms with Crippen molar-refractivity contribution < 1.29 is 9.13 Å². The van der Waals surface area contributed by atoms with Gasteiger partial charge >= 0.3 is 0 Å². The van der Waals surface area contributed by atoms with E-state index < -0.39 is 0 Å². The third-order valence-electron chi connectivity index (χ3n) is 3.90. The van der Waals surface area contributed by atoms with Crippen LogP contribution < -0.4 is 5.32 Å². The highest BCUT2D eigenvalue weighted by molar-refractivity contribution is 5.74. The second-order valence-electron chi connectivity index (χ2n) is 5.27. The summed E-state index contributed by atoms with van der Waals surface area (Å²) < 4.78 is 19.7. The number of epoxide rings is 1. The molecule has 2 atom stereocenters. The van der Waals surface area contributed by atoms with Crippen molar-refractivity contribution in [2.24, 2.45) is 0 Å². The number of rotatable bonds is 3. The summed E-state index contributed by atoms with van der Waals surface area (Å²) in [5.74, 6) is -0.243. The molecule has 1 saturated heterocycles. The van der Waals surface area contributed by atoms with Gasteiger partial charge in [0, 0.05) is 30.7 Å². The van der Waals surface area contributed by atoms with Gasteiger partial charge in [0.05, 0.1) is 11.0 Å². The van der Waals surface area contributed by atoms with E-state index in [0.29, 0.717) is 5.56 Å². The molecule has 1 fully saturated rings. The molecule has 0 saturated carbocycles. The number of aromatic nitrogens is 2. The molecule has 3 aromatic rings. The van der Waals surface area contributed by atoms with Crippen molar-refractivity contribution >= 4 is 16.7 Å². The number of anilines is 1. The Labute approximate surface area is 127 Å². The maximum absolute atomic E-state index is 14.0. The van der Waals surface area contributed by atoms with E-state index in [9.17, 15) is 4.39 Å². The summed E-state index contributed by atoms with van der Waals surface area (Å²) in [6, 6.07) is 10.8. The molecule has 4 rings (SSSR count). The average molecular weight is 295 g/mol. The summed E-state index contributed by atoms with van der Waals surface area (Å²) in [7, 11) is 1.81. The lowest BCUT2D eigenvalue weighted by Gasteiger charge is -2.04. The lowest BCUT2D eigenvalue weighted by atomic mass is 10.0. The van der Waals surface area contributed by atoms with Gasteiger partial charge in [-0.25, -0.2) is 4.39 Å². The zero-order valence-electron chi connectivity index (χ0n) is 12.0. The van der Waals surface area contributed by atoms with Crippen LogP contribution in [-0.2, 0) is 4.74 Å². The SMILES string of the molecule is CNc1ccc(F)c(C2OC2c2ccc3nccnc3c2)c1. The second kappa shape index (κ2) is 5.03. The minimum Gasteiger partial charge on any atom is -0.388 e. The van der Waals surface area contributed by atoms with Crippen LogP contribution in [0.25, 0.3) is 11.0 Å². The van der Waals surface area contributed by atoms with E-state index >= 15 is 0 Å². The number of halogens is 1. The van der Waals surface area contributed by atoms with Gasteiger partial charge in [0.15, 0.2) is 0 Å². The summed E-state index contributed by atoms with van der Waals surface area (Å²) in [5, 5.41) is 3.02. The van der Waals surface area contributed by atoms with Crippen LogP contribution in [0.3, 0.4) is 0 Å². The van der Waals surface area contributed by atoms with E-state index in [0.717, 1.165) is 22.3 Å². The fraction of sp³-hybridized carbons (Fsp3) is 0.176. The molecule has 1 aromatic heterocycles. The van der Waals surface area contributed by atoms with Crippen LogP contribution in [0.5, 0.6) is 0 Å². The van der Waals surface area contributed by atoms with Crippen LogP contribution in [0.2, 0.25) is 0 Å². The van der Waals surface area contributed by atoms with Gasteiger partial charge < -0.3 is 10.1 Å². The van der Waals surface area contributed by atoms with Crippen molar-refractivity contribution in [2.45, 2.75) is 12.2 Å².